The Kier molecular flexibility index (Phi) is 10.8. The van der Waals surface area contributed by atoms with Crippen molar-refractivity contribution in [3.05, 3.63) is 74.3 Å². The Labute approximate surface area is 296 Å². The van der Waals surface area contributed by atoms with Gasteiger partial charge in [0.05, 0.1) is 30.2 Å². The van der Waals surface area contributed by atoms with Gasteiger partial charge in [-0.25, -0.2) is 0 Å². The van der Waals surface area contributed by atoms with E-state index in [0.717, 1.165) is 12.4 Å². The van der Waals surface area contributed by atoms with Crippen LogP contribution in [-0.4, -0.2) is 83.4 Å². The van der Waals surface area contributed by atoms with E-state index in [-0.39, 0.29) is 33.0 Å². The summed E-state index contributed by atoms with van der Waals surface area (Å²) in [5, 5.41) is 45.2. The van der Waals surface area contributed by atoms with E-state index in [4.69, 9.17) is 9.11 Å². The summed E-state index contributed by atoms with van der Waals surface area (Å²) in [6.07, 6.45) is 1.63. The number of aromatic hydroxyl groups is 4. The lowest BCUT2D eigenvalue weighted by Gasteiger charge is -2.23. The fourth-order valence-corrected chi connectivity index (χ4v) is 6.96. The summed E-state index contributed by atoms with van der Waals surface area (Å²) in [6.45, 7) is 7.66. The Morgan fingerprint density at radius 3 is 1.52 bits per heavy atom. The van der Waals surface area contributed by atoms with Gasteiger partial charge in [-0.05, 0) is 25.7 Å². The molecule has 6 N–H and O–H groups in total. The minimum Gasteiger partial charge on any atom is -0.507 e. The Morgan fingerprint density at radius 2 is 1.04 bits per heavy atom. The van der Waals surface area contributed by atoms with Crippen molar-refractivity contribution in [2.24, 2.45) is 9.98 Å². The van der Waals surface area contributed by atoms with Crippen LogP contribution in [0, 0.1) is 13.8 Å². The molecule has 0 bridgehead atoms. The van der Waals surface area contributed by atoms with Gasteiger partial charge in [0.25, 0.3) is 20.2 Å². The summed E-state index contributed by atoms with van der Waals surface area (Å²) in [6, 6.07) is 0. The predicted molar refractivity (Wildman–Crippen MR) is 196 cm³/mol. The van der Waals surface area contributed by atoms with E-state index in [0.29, 0.717) is 0 Å². The summed E-state index contributed by atoms with van der Waals surface area (Å²) in [4.78, 5) is 63.2. The molecule has 0 aliphatic heterocycles. The van der Waals surface area contributed by atoms with Gasteiger partial charge >= 0.3 is 0 Å². The van der Waals surface area contributed by atoms with E-state index < -0.39 is 135 Å². The molecule has 2 aliphatic carbocycles. The van der Waals surface area contributed by atoms with Crippen molar-refractivity contribution in [1.82, 2.24) is 0 Å². The second-order valence-electron chi connectivity index (χ2n) is 12.8. The molecule has 52 heavy (non-hydrogen) atoms. The number of phenolic OH excluding ortho intramolecular Hbond substituents is 4. The standard InChI is InChI=1S/C34H36N2O14S2/c1-13(2)19-25-23(17(29(39)33(19)43)11-35-7-9-51(45,46)47)31(41)21(15(5)27(25)37)22-16(6)28(38)26-20(14(3)4)34(44)30(40)18(24(26)32(22)42)12-36-8-10-52(48,49)50/h11-14,37,39,41,43H,7-10H2,1-6H3,(H,45,46,47)(H,48,49,50). The lowest BCUT2D eigenvalue weighted by molar-refractivity contribution is 0.397. The van der Waals surface area contributed by atoms with Crippen molar-refractivity contribution in [3.63, 3.8) is 0 Å². The maximum atomic E-state index is 14.6. The first kappa shape index (κ1) is 39.7. The van der Waals surface area contributed by atoms with Gasteiger partial charge in [0, 0.05) is 73.3 Å². The highest BCUT2D eigenvalue weighted by Gasteiger charge is 2.34. The number of phenols is 4. The van der Waals surface area contributed by atoms with Crippen LogP contribution in [0.3, 0.4) is 0 Å². The average molecular weight is 761 g/mol. The maximum absolute atomic E-state index is 14.6. The first-order valence-electron chi connectivity index (χ1n) is 15.7. The lowest BCUT2D eigenvalue weighted by atomic mass is 9.80. The zero-order valence-electron chi connectivity index (χ0n) is 28.8. The van der Waals surface area contributed by atoms with Crippen LogP contribution in [0.2, 0.25) is 0 Å². The molecule has 0 aromatic heterocycles. The number of nitrogens with zero attached hydrogens (tertiary/aromatic N) is 2. The molecule has 0 atom stereocenters. The molecule has 0 saturated carbocycles. The van der Waals surface area contributed by atoms with Crippen LogP contribution in [0.25, 0.3) is 33.0 Å². The quantitative estimate of drug-likeness (QED) is 0.0421. The van der Waals surface area contributed by atoms with Crippen LogP contribution in [0.15, 0.2) is 29.2 Å². The van der Waals surface area contributed by atoms with Gasteiger partial charge in [0.1, 0.15) is 11.5 Å². The fraction of sp³-hybridized carbons (Fsp3) is 0.353. The highest BCUT2D eigenvalue weighted by molar-refractivity contribution is 7.86. The van der Waals surface area contributed by atoms with Crippen LogP contribution >= 0.6 is 0 Å². The number of benzene rings is 4. The molecule has 0 radical (unpaired) electrons. The third kappa shape index (κ3) is 7.06. The molecule has 0 spiro atoms. The molecule has 0 unspecified atom stereocenters. The summed E-state index contributed by atoms with van der Waals surface area (Å²) in [7, 11) is -8.93. The van der Waals surface area contributed by atoms with Gasteiger partial charge < -0.3 is 20.4 Å². The highest BCUT2D eigenvalue weighted by Crippen LogP contribution is 2.53. The molecular formula is C34H36N2O14S2. The molecule has 0 heterocycles. The van der Waals surface area contributed by atoms with Gasteiger partial charge in [-0.3, -0.25) is 38.3 Å². The largest absolute Gasteiger partial charge is 0.507 e. The van der Waals surface area contributed by atoms with Crippen LogP contribution in [0.1, 0.15) is 72.9 Å². The smallest absolute Gasteiger partial charge is 0.266 e. The van der Waals surface area contributed by atoms with Crippen molar-refractivity contribution in [3.8, 4) is 45.3 Å². The topological polar surface area (TPSA) is 283 Å². The molecule has 18 heteroatoms. The zero-order valence-corrected chi connectivity index (χ0v) is 30.4. The number of aliphatic imine (C=N–C) groups is 2. The van der Waals surface area contributed by atoms with E-state index in [9.17, 15) is 56.4 Å². The van der Waals surface area contributed by atoms with E-state index in [1.807, 2.05) is 0 Å². The van der Waals surface area contributed by atoms with Crippen LogP contribution in [0.5, 0.6) is 23.0 Å². The minimum absolute atomic E-state index is 0.0314. The molecular weight excluding hydrogens is 725 g/mol. The molecule has 278 valence electrons. The summed E-state index contributed by atoms with van der Waals surface area (Å²) >= 11 is 0. The van der Waals surface area contributed by atoms with Crippen molar-refractivity contribution in [1.29, 1.82) is 0 Å². The first-order chi connectivity index (χ1) is 23.9. The minimum atomic E-state index is -4.48. The molecule has 2 aliphatic rings. The van der Waals surface area contributed by atoms with Gasteiger partial charge in [0.2, 0.25) is 10.9 Å². The van der Waals surface area contributed by atoms with Crippen LogP contribution in [0.4, 0.5) is 0 Å². The fourth-order valence-electron chi connectivity index (χ4n) is 6.29. The number of rotatable bonds is 11. The summed E-state index contributed by atoms with van der Waals surface area (Å²) in [5.41, 5.74) is -8.06. The number of hydrogen-bond donors (Lipinski definition) is 6. The SMILES string of the molecule is Cc1c(-c2c(C)c(=O)c3c(C(C)C)c(=O)c(=O)c(C=NCCS(=O)(=O)O)c-3c2=O)c(O)c2c(C=NCCS(=O)(=O)O)c(O)c(O)c(C(C)C)c2c1O. The Hall–Kier alpha value is -5.04. The molecule has 2 aromatic rings. The van der Waals surface area contributed by atoms with E-state index in [1.165, 1.54) is 27.7 Å². The Bertz CT molecular complexity index is 2620. The first-order valence-corrected chi connectivity index (χ1v) is 18.9. The second kappa shape index (κ2) is 14.2. The molecule has 0 saturated heterocycles. The van der Waals surface area contributed by atoms with Gasteiger partial charge in [-0.2, -0.15) is 16.8 Å². The van der Waals surface area contributed by atoms with E-state index >= 15 is 0 Å². The number of fused-ring (bicyclic) bond motifs is 2. The van der Waals surface area contributed by atoms with E-state index in [1.54, 1.807) is 13.8 Å². The van der Waals surface area contributed by atoms with Crippen molar-refractivity contribution in [2.45, 2.75) is 53.4 Å². The summed E-state index contributed by atoms with van der Waals surface area (Å²) < 4.78 is 63.1. The highest BCUT2D eigenvalue weighted by atomic mass is 32.2. The summed E-state index contributed by atoms with van der Waals surface area (Å²) in [5.74, 6) is -5.98. The zero-order chi connectivity index (χ0) is 39.4. The molecule has 16 nitrogen and oxygen atoms in total. The van der Waals surface area contributed by atoms with Gasteiger partial charge in [-0.15, -0.1) is 0 Å². The molecule has 4 rings (SSSR count). The molecule has 2 aromatic carbocycles. The van der Waals surface area contributed by atoms with E-state index in [2.05, 4.69) is 9.98 Å². The normalized spacial score (nSPS) is 12.9. The third-order valence-electron chi connectivity index (χ3n) is 8.65. The molecule has 0 amide bonds. The van der Waals surface area contributed by atoms with Gasteiger partial charge in [0.15, 0.2) is 22.4 Å². The Balaban J connectivity index is 2.27. The lowest BCUT2D eigenvalue weighted by Crippen LogP contribution is -2.38. The predicted octanol–water partition coefficient (Wildman–Crippen LogP) is 2.23. The van der Waals surface area contributed by atoms with Crippen LogP contribution < -0.4 is 21.7 Å². The monoisotopic (exact) mass is 760 g/mol. The maximum Gasteiger partial charge on any atom is 0.266 e. The van der Waals surface area contributed by atoms with Gasteiger partial charge in [-0.1, -0.05) is 27.7 Å². The third-order valence-corrected chi connectivity index (χ3v) is 10.0. The second-order valence-corrected chi connectivity index (χ2v) is 16.0. The molecule has 0 fully saturated rings. The van der Waals surface area contributed by atoms with Crippen LogP contribution in [-0.2, 0) is 20.2 Å². The number of hydrogen-bond acceptors (Lipinski definition) is 14. The van der Waals surface area contributed by atoms with Crippen molar-refractivity contribution in [2.75, 3.05) is 24.6 Å². The van der Waals surface area contributed by atoms with Crippen molar-refractivity contribution < 1.29 is 46.4 Å². The average Bonchev–Trinajstić information content (AvgIpc) is 3.02. The Morgan fingerprint density at radius 1 is 0.538 bits per heavy atom. The van der Waals surface area contributed by atoms with Crippen molar-refractivity contribution >= 4 is 43.4 Å².